The van der Waals surface area contributed by atoms with Crippen LogP contribution in [0.25, 0.3) is 0 Å². The van der Waals surface area contributed by atoms with Gasteiger partial charge in [0.1, 0.15) is 0 Å². The van der Waals surface area contributed by atoms with Crippen LogP contribution in [0.4, 0.5) is 23.1 Å². The molecule has 124 valence electrons. The highest BCUT2D eigenvalue weighted by Crippen LogP contribution is 2.22. The van der Waals surface area contributed by atoms with Gasteiger partial charge in [-0.1, -0.05) is 12.1 Å². The van der Waals surface area contributed by atoms with E-state index in [1.165, 1.54) is 12.1 Å². The van der Waals surface area contributed by atoms with Crippen molar-refractivity contribution >= 4 is 34.8 Å². The van der Waals surface area contributed by atoms with Crippen molar-refractivity contribution in [2.24, 2.45) is 4.99 Å². The van der Waals surface area contributed by atoms with E-state index < -0.39 is 5.97 Å². The molecule has 1 aliphatic heterocycles. The van der Waals surface area contributed by atoms with Gasteiger partial charge in [-0.2, -0.15) is 4.98 Å². The smallest absolute Gasteiger partial charge is 0.280 e. The van der Waals surface area contributed by atoms with Crippen molar-refractivity contribution in [1.82, 2.24) is 9.97 Å². The number of fused-ring (bicyclic) bond motifs is 1. The number of aliphatic imine (C=N–C) groups is 1. The molecule has 9 heteroatoms. The summed E-state index contributed by atoms with van der Waals surface area (Å²) in [6, 6.07) is 6.28. The van der Waals surface area contributed by atoms with Crippen LogP contribution < -0.4 is 27.0 Å². The average Bonchev–Trinajstić information content (AvgIpc) is 2.55. The SMILES string of the molecule is Nc1nc2c(c(=O)[nH]1)N=C(CCNc1ccc(C(=O)[O-])cc1)CN2. The Morgan fingerprint density at radius 2 is 2.08 bits per heavy atom. The lowest BCUT2D eigenvalue weighted by Gasteiger charge is -2.16. The fourth-order valence-corrected chi connectivity index (χ4v) is 2.31. The van der Waals surface area contributed by atoms with Gasteiger partial charge in [-0.3, -0.25) is 9.78 Å². The second kappa shape index (κ2) is 6.41. The normalized spacial score (nSPS) is 12.8. The van der Waals surface area contributed by atoms with Crippen LogP contribution in [0, 0.1) is 0 Å². The van der Waals surface area contributed by atoms with Crippen molar-refractivity contribution in [3.63, 3.8) is 0 Å². The van der Waals surface area contributed by atoms with Gasteiger partial charge in [0, 0.05) is 24.4 Å². The standard InChI is InChI=1S/C15H16N6O3/c16-15-20-12-11(13(22)21-15)19-10(7-18-12)5-6-17-9-3-1-8(2-4-9)14(23)24/h1-4,17H,5-7H2,(H,23,24)(H4,16,18,20,21,22)/p-1. The van der Waals surface area contributed by atoms with Gasteiger partial charge >= 0.3 is 0 Å². The molecule has 2 aromatic rings. The molecule has 0 saturated heterocycles. The summed E-state index contributed by atoms with van der Waals surface area (Å²) in [6.07, 6.45) is 0.610. The molecule has 0 unspecified atom stereocenters. The number of aromatic amines is 1. The predicted molar refractivity (Wildman–Crippen MR) is 88.7 cm³/mol. The highest BCUT2D eigenvalue weighted by Gasteiger charge is 2.16. The topological polar surface area (TPSA) is 148 Å². The molecule has 0 bridgehead atoms. The summed E-state index contributed by atoms with van der Waals surface area (Å²) in [6.45, 7) is 1.06. The molecule has 1 aromatic heterocycles. The van der Waals surface area contributed by atoms with Gasteiger partial charge in [0.05, 0.1) is 12.5 Å². The minimum Gasteiger partial charge on any atom is -0.545 e. The van der Waals surface area contributed by atoms with Gasteiger partial charge < -0.3 is 26.3 Å². The highest BCUT2D eigenvalue weighted by atomic mass is 16.4. The second-order valence-corrected chi connectivity index (χ2v) is 5.22. The quantitative estimate of drug-likeness (QED) is 0.590. The zero-order chi connectivity index (χ0) is 17.1. The molecule has 3 rings (SSSR count). The number of hydrogen-bond donors (Lipinski definition) is 4. The maximum Gasteiger partial charge on any atom is 0.280 e. The number of benzene rings is 1. The van der Waals surface area contributed by atoms with Gasteiger partial charge in [-0.25, -0.2) is 4.99 Å². The minimum atomic E-state index is -1.21. The Morgan fingerprint density at radius 3 is 2.79 bits per heavy atom. The largest absolute Gasteiger partial charge is 0.545 e. The van der Waals surface area contributed by atoms with E-state index in [0.29, 0.717) is 25.3 Å². The number of nitrogens with one attached hydrogen (secondary N) is 3. The van der Waals surface area contributed by atoms with Gasteiger partial charge in [-0.15, -0.1) is 0 Å². The first-order valence-electron chi connectivity index (χ1n) is 7.28. The number of H-pyrrole nitrogens is 1. The summed E-state index contributed by atoms with van der Waals surface area (Å²) in [5.74, 6) is -0.778. The fraction of sp³-hybridized carbons (Fsp3) is 0.200. The lowest BCUT2D eigenvalue weighted by atomic mass is 10.2. The summed E-state index contributed by atoms with van der Waals surface area (Å²) < 4.78 is 0. The number of nitrogens with two attached hydrogens (primary N) is 1. The van der Waals surface area contributed by atoms with E-state index >= 15 is 0 Å². The summed E-state index contributed by atoms with van der Waals surface area (Å²) in [4.78, 5) is 33.2. The van der Waals surface area contributed by atoms with Crippen molar-refractivity contribution in [1.29, 1.82) is 0 Å². The molecule has 24 heavy (non-hydrogen) atoms. The second-order valence-electron chi connectivity index (χ2n) is 5.22. The molecule has 0 atom stereocenters. The number of nitrogen functional groups attached to an aromatic ring is 1. The molecule has 0 spiro atoms. The van der Waals surface area contributed by atoms with Crippen molar-refractivity contribution < 1.29 is 9.90 Å². The zero-order valence-electron chi connectivity index (χ0n) is 12.6. The number of carboxylic acid groups (broad SMARTS) is 1. The molecule has 2 heterocycles. The van der Waals surface area contributed by atoms with Crippen LogP contribution in [-0.4, -0.2) is 34.7 Å². The number of aromatic nitrogens is 2. The van der Waals surface area contributed by atoms with Gasteiger partial charge in [-0.05, 0) is 17.7 Å². The van der Waals surface area contributed by atoms with Crippen LogP contribution in [0.3, 0.4) is 0 Å². The van der Waals surface area contributed by atoms with E-state index in [1.54, 1.807) is 12.1 Å². The van der Waals surface area contributed by atoms with E-state index in [-0.39, 0.29) is 22.8 Å². The Bertz CT molecular complexity index is 857. The average molecular weight is 327 g/mol. The number of carbonyl (C=O) groups excluding carboxylic acids is 1. The Labute approximate surface area is 136 Å². The molecular formula is C15H15N6O3-. The van der Waals surface area contributed by atoms with Crippen LogP contribution in [0.5, 0.6) is 0 Å². The molecule has 0 radical (unpaired) electrons. The van der Waals surface area contributed by atoms with Gasteiger partial charge in [0.15, 0.2) is 11.5 Å². The van der Waals surface area contributed by atoms with Gasteiger partial charge in [0.2, 0.25) is 5.95 Å². The zero-order valence-corrected chi connectivity index (χ0v) is 12.6. The molecule has 9 nitrogen and oxygen atoms in total. The molecule has 0 saturated carbocycles. The monoisotopic (exact) mass is 327 g/mol. The van der Waals surface area contributed by atoms with Crippen LogP contribution in [0.2, 0.25) is 0 Å². The number of carboxylic acids is 1. The minimum absolute atomic E-state index is 0.0478. The van der Waals surface area contributed by atoms with Crippen molar-refractivity contribution in [2.45, 2.75) is 6.42 Å². The summed E-state index contributed by atoms with van der Waals surface area (Å²) in [7, 11) is 0. The Hall–Kier alpha value is -3.36. The molecule has 5 N–H and O–H groups in total. The molecule has 1 aromatic carbocycles. The summed E-state index contributed by atoms with van der Waals surface area (Å²) in [5.41, 5.74) is 7.05. The van der Waals surface area contributed by atoms with E-state index in [2.05, 4.69) is 25.6 Å². The van der Waals surface area contributed by atoms with E-state index in [4.69, 9.17) is 5.73 Å². The Kier molecular flexibility index (Phi) is 4.15. The Morgan fingerprint density at radius 1 is 1.33 bits per heavy atom. The van der Waals surface area contributed by atoms with Crippen LogP contribution >= 0.6 is 0 Å². The molecular weight excluding hydrogens is 312 g/mol. The van der Waals surface area contributed by atoms with Gasteiger partial charge in [0.25, 0.3) is 5.56 Å². The molecule has 0 fully saturated rings. The predicted octanol–water partition coefficient (Wildman–Crippen LogP) is -0.284. The van der Waals surface area contributed by atoms with E-state index in [1.807, 2.05) is 0 Å². The van der Waals surface area contributed by atoms with Crippen molar-refractivity contribution in [2.75, 3.05) is 29.5 Å². The molecule has 0 amide bonds. The fourth-order valence-electron chi connectivity index (χ4n) is 2.31. The van der Waals surface area contributed by atoms with Crippen molar-refractivity contribution in [3.8, 4) is 0 Å². The third-order valence-electron chi connectivity index (χ3n) is 3.51. The van der Waals surface area contributed by atoms with Crippen LogP contribution in [0.1, 0.15) is 16.8 Å². The van der Waals surface area contributed by atoms with E-state index in [0.717, 1.165) is 11.4 Å². The number of hydrogen-bond acceptors (Lipinski definition) is 8. The molecule has 0 aliphatic carbocycles. The summed E-state index contributed by atoms with van der Waals surface area (Å²) in [5, 5.41) is 16.9. The third-order valence-corrected chi connectivity index (χ3v) is 3.51. The first-order valence-corrected chi connectivity index (χ1v) is 7.28. The number of nitrogens with zero attached hydrogens (tertiary/aromatic N) is 2. The number of aromatic carboxylic acids is 1. The third kappa shape index (κ3) is 3.35. The number of carbonyl (C=O) groups is 1. The maximum absolute atomic E-state index is 11.8. The van der Waals surface area contributed by atoms with Crippen LogP contribution in [-0.2, 0) is 0 Å². The number of anilines is 3. The Balaban J connectivity index is 1.62. The maximum atomic E-state index is 11.8. The van der Waals surface area contributed by atoms with Crippen LogP contribution in [0.15, 0.2) is 34.1 Å². The lowest BCUT2D eigenvalue weighted by molar-refractivity contribution is -0.255. The number of rotatable bonds is 5. The first kappa shape index (κ1) is 15.5. The first-order chi connectivity index (χ1) is 11.5. The van der Waals surface area contributed by atoms with E-state index in [9.17, 15) is 14.7 Å². The lowest BCUT2D eigenvalue weighted by Crippen LogP contribution is -2.25. The highest BCUT2D eigenvalue weighted by molar-refractivity contribution is 5.94. The molecule has 1 aliphatic rings. The summed E-state index contributed by atoms with van der Waals surface area (Å²) >= 11 is 0. The van der Waals surface area contributed by atoms with Crippen molar-refractivity contribution in [3.05, 3.63) is 40.2 Å².